The summed E-state index contributed by atoms with van der Waals surface area (Å²) in [5, 5.41) is 0. The topological polar surface area (TPSA) is 76.1 Å². The summed E-state index contributed by atoms with van der Waals surface area (Å²) in [4.78, 5) is 2.39. The van der Waals surface area contributed by atoms with Gasteiger partial charge in [-0.05, 0) is 13.5 Å². The Labute approximate surface area is 91.1 Å². The highest BCUT2D eigenvalue weighted by atomic mass is 32.3. The second-order valence-corrected chi connectivity index (χ2v) is 3.97. The lowest BCUT2D eigenvalue weighted by Crippen LogP contribution is -2.35. The van der Waals surface area contributed by atoms with Crippen LogP contribution >= 0.6 is 0 Å². The third-order valence-electron chi connectivity index (χ3n) is 1.82. The van der Waals surface area contributed by atoms with Gasteiger partial charge in [0.1, 0.15) is 0 Å². The van der Waals surface area contributed by atoms with Crippen molar-refractivity contribution in [2.45, 2.75) is 13.8 Å². The second kappa shape index (κ2) is 8.00. The average molecular weight is 241 g/mol. The molecule has 15 heavy (non-hydrogen) atoms. The molecule has 1 saturated heterocycles. The summed E-state index contributed by atoms with van der Waals surface area (Å²) in [5.41, 5.74) is 0. The molecular formula is C8H19NO5S. The molecule has 1 N–H and O–H groups in total. The van der Waals surface area contributed by atoms with E-state index in [0.717, 1.165) is 26.3 Å². The molecule has 0 atom stereocenters. The highest BCUT2D eigenvalue weighted by Gasteiger charge is 2.05. The van der Waals surface area contributed by atoms with Crippen LogP contribution in [-0.4, -0.2) is 57.3 Å². The Kier molecular flexibility index (Phi) is 7.89. The van der Waals surface area contributed by atoms with E-state index in [0.29, 0.717) is 0 Å². The van der Waals surface area contributed by atoms with Gasteiger partial charge >= 0.3 is 10.4 Å². The van der Waals surface area contributed by atoms with Crippen molar-refractivity contribution in [2.24, 2.45) is 0 Å². The minimum absolute atomic E-state index is 0.0289. The lowest BCUT2D eigenvalue weighted by atomic mass is 10.4. The number of morpholine rings is 1. The molecule has 0 saturated carbocycles. The maximum atomic E-state index is 9.56. The molecule has 1 fully saturated rings. The Bertz CT molecular complexity index is 235. The molecule has 1 rings (SSSR count). The quantitative estimate of drug-likeness (QED) is 0.710. The van der Waals surface area contributed by atoms with Gasteiger partial charge in [0.25, 0.3) is 0 Å². The van der Waals surface area contributed by atoms with Crippen LogP contribution in [-0.2, 0) is 19.3 Å². The first-order chi connectivity index (χ1) is 6.99. The van der Waals surface area contributed by atoms with Crippen molar-refractivity contribution in [3.8, 4) is 0 Å². The molecule has 0 aromatic rings. The van der Waals surface area contributed by atoms with Gasteiger partial charge in [-0.3, -0.25) is 9.45 Å². The van der Waals surface area contributed by atoms with Crippen molar-refractivity contribution in [2.75, 3.05) is 39.5 Å². The minimum atomic E-state index is -4.17. The molecule has 6 nitrogen and oxygen atoms in total. The number of nitrogens with zero attached hydrogens (tertiary/aromatic N) is 1. The Hall–Kier alpha value is -0.210. The first-order valence-corrected chi connectivity index (χ1v) is 6.28. The Balaban J connectivity index is 0.000000265. The zero-order chi connectivity index (χ0) is 11.7. The molecule has 92 valence electrons. The van der Waals surface area contributed by atoms with Crippen LogP contribution in [0.4, 0.5) is 0 Å². The summed E-state index contributed by atoms with van der Waals surface area (Å²) in [5.74, 6) is 0. The Morgan fingerprint density at radius 3 is 2.07 bits per heavy atom. The third-order valence-corrected chi connectivity index (χ3v) is 2.35. The number of rotatable bonds is 3. The third kappa shape index (κ3) is 10.1. The molecule has 0 aromatic heterocycles. The number of ether oxygens (including phenoxy) is 1. The number of hydrogen-bond donors (Lipinski definition) is 1. The average Bonchev–Trinajstić information content (AvgIpc) is 2.18. The van der Waals surface area contributed by atoms with E-state index < -0.39 is 10.4 Å². The molecule has 1 heterocycles. The predicted octanol–water partition coefficient (Wildman–Crippen LogP) is 0.164. The van der Waals surface area contributed by atoms with Gasteiger partial charge < -0.3 is 4.74 Å². The highest BCUT2D eigenvalue weighted by Crippen LogP contribution is 1.93. The van der Waals surface area contributed by atoms with Crippen LogP contribution < -0.4 is 0 Å². The highest BCUT2D eigenvalue weighted by molar-refractivity contribution is 7.80. The van der Waals surface area contributed by atoms with Gasteiger partial charge in [-0.2, -0.15) is 8.42 Å². The van der Waals surface area contributed by atoms with E-state index in [1.54, 1.807) is 0 Å². The Morgan fingerprint density at radius 1 is 1.33 bits per heavy atom. The van der Waals surface area contributed by atoms with Crippen molar-refractivity contribution in [3.05, 3.63) is 0 Å². The van der Waals surface area contributed by atoms with Crippen molar-refractivity contribution in [1.29, 1.82) is 0 Å². The predicted molar refractivity (Wildman–Crippen MR) is 56.1 cm³/mol. The van der Waals surface area contributed by atoms with Crippen LogP contribution in [0.5, 0.6) is 0 Å². The first kappa shape index (κ1) is 14.8. The largest absolute Gasteiger partial charge is 0.397 e. The normalized spacial score (nSPS) is 18.1. The number of hydrogen-bond acceptors (Lipinski definition) is 5. The lowest BCUT2D eigenvalue weighted by molar-refractivity contribution is 0.0405. The van der Waals surface area contributed by atoms with Crippen molar-refractivity contribution in [1.82, 2.24) is 4.90 Å². The molecule has 0 spiro atoms. The van der Waals surface area contributed by atoms with Gasteiger partial charge in [0, 0.05) is 13.1 Å². The summed E-state index contributed by atoms with van der Waals surface area (Å²) in [6.45, 7) is 8.88. The molecule has 0 aromatic carbocycles. The maximum absolute atomic E-state index is 9.56. The van der Waals surface area contributed by atoms with Gasteiger partial charge in [0.15, 0.2) is 0 Å². The molecule has 1 aliphatic heterocycles. The van der Waals surface area contributed by atoms with Crippen LogP contribution in [0.25, 0.3) is 0 Å². The molecule has 1 aliphatic rings. The molecule has 0 aliphatic carbocycles. The van der Waals surface area contributed by atoms with Crippen molar-refractivity contribution < 1.29 is 21.9 Å². The fourth-order valence-electron chi connectivity index (χ4n) is 1.07. The molecule has 0 bridgehead atoms. The smallest absolute Gasteiger partial charge is 0.379 e. The van der Waals surface area contributed by atoms with Crippen LogP contribution in [0.15, 0.2) is 0 Å². The minimum Gasteiger partial charge on any atom is -0.379 e. The van der Waals surface area contributed by atoms with Gasteiger partial charge in [-0.15, -0.1) is 0 Å². The first-order valence-electron chi connectivity index (χ1n) is 4.91. The zero-order valence-corrected chi connectivity index (χ0v) is 9.99. The van der Waals surface area contributed by atoms with Crippen LogP contribution in [0.2, 0.25) is 0 Å². The van der Waals surface area contributed by atoms with E-state index in [-0.39, 0.29) is 6.61 Å². The van der Waals surface area contributed by atoms with Crippen LogP contribution in [0.1, 0.15) is 13.8 Å². The molecule has 0 amide bonds. The van der Waals surface area contributed by atoms with E-state index in [2.05, 4.69) is 16.0 Å². The Morgan fingerprint density at radius 2 is 1.87 bits per heavy atom. The van der Waals surface area contributed by atoms with E-state index in [1.165, 1.54) is 13.5 Å². The molecule has 0 unspecified atom stereocenters. The summed E-state index contributed by atoms with van der Waals surface area (Å²) in [6.07, 6.45) is 0. The summed E-state index contributed by atoms with van der Waals surface area (Å²) >= 11 is 0. The van der Waals surface area contributed by atoms with Crippen molar-refractivity contribution in [3.63, 3.8) is 0 Å². The lowest BCUT2D eigenvalue weighted by Gasteiger charge is -2.24. The summed E-state index contributed by atoms with van der Waals surface area (Å²) in [7, 11) is -4.17. The van der Waals surface area contributed by atoms with Crippen molar-refractivity contribution >= 4 is 10.4 Å². The standard InChI is InChI=1S/C6H13NO.C2H6O4S/c1-2-7-3-5-8-6-4-7;1-2-6-7(3,4)5/h2-6H2,1H3;2H2,1H3,(H,3,4,5). The van der Waals surface area contributed by atoms with Gasteiger partial charge in [-0.1, -0.05) is 6.92 Å². The van der Waals surface area contributed by atoms with Gasteiger partial charge in [-0.25, -0.2) is 4.18 Å². The van der Waals surface area contributed by atoms with Crippen LogP contribution in [0, 0.1) is 0 Å². The summed E-state index contributed by atoms with van der Waals surface area (Å²) in [6, 6.07) is 0. The second-order valence-electron chi connectivity index (χ2n) is 2.88. The zero-order valence-electron chi connectivity index (χ0n) is 9.18. The van der Waals surface area contributed by atoms with Gasteiger partial charge in [0.2, 0.25) is 0 Å². The van der Waals surface area contributed by atoms with E-state index in [9.17, 15) is 8.42 Å². The van der Waals surface area contributed by atoms with E-state index in [4.69, 9.17) is 9.29 Å². The molecule has 7 heteroatoms. The van der Waals surface area contributed by atoms with E-state index >= 15 is 0 Å². The number of likely N-dealkylation sites (N-methyl/N-ethyl adjacent to an activating group) is 1. The SMILES string of the molecule is CCN1CCOCC1.CCOS(=O)(=O)O. The fourth-order valence-corrected chi connectivity index (χ4v) is 1.36. The fraction of sp³-hybridized carbons (Fsp3) is 1.00. The van der Waals surface area contributed by atoms with Gasteiger partial charge in [0.05, 0.1) is 19.8 Å². The maximum Gasteiger partial charge on any atom is 0.397 e. The summed E-state index contributed by atoms with van der Waals surface area (Å²) < 4.78 is 35.8. The molecule has 0 radical (unpaired) electrons. The molecular weight excluding hydrogens is 222 g/mol. The monoisotopic (exact) mass is 241 g/mol. The van der Waals surface area contributed by atoms with Crippen LogP contribution in [0.3, 0.4) is 0 Å². The van der Waals surface area contributed by atoms with E-state index in [1.807, 2.05) is 0 Å².